The minimum atomic E-state index is 0.0481. The van der Waals surface area contributed by atoms with E-state index in [4.69, 9.17) is 10.5 Å². The summed E-state index contributed by atoms with van der Waals surface area (Å²) in [5, 5.41) is 0. The first kappa shape index (κ1) is 14.0. The van der Waals surface area contributed by atoms with Gasteiger partial charge in [0, 0.05) is 30.1 Å². The minimum Gasteiger partial charge on any atom is -0.376 e. The van der Waals surface area contributed by atoms with Gasteiger partial charge < -0.3 is 15.0 Å². The minimum absolute atomic E-state index is 0.0481. The van der Waals surface area contributed by atoms with E-state index in [0.717, 1.165) is 12.8 Å². The maximum absolute atomic E-state index is 6.26. The smallest absolute Gasteiger partial charge is 0.0989 e. The molecule has 4 heteroatoms. The third-order valence-corrected chi connectivity index (χ3v) is 3.98. The van der Waals surface area contributed by atoms with Crippen LogP contribution in [0.15, 0.2) is 55.1 Å². The number of rotatable bonds is 5. The van der Waals surface area contributed by atoms with Crippen molar-refractivity contribution in [2.24, 2.45) is 11.7 Å². The summed E-state index contributed by atoms with van der Waals surface area (Å²) in [7, 11) is 0. The Labute approximate surface area is 125 Å². The molecule has 4 nitrogen and oxygen atoms in total. The highest BCUT2D eigenvalue weighted by Crippen LogP contribution is 2.26. The molecule has 110 valence electrons. The zero-order valence-corrected chi connectivity index (χ0v) is 12.1. The molecule has 2 N–H and O–H groups in total. The molecule has 1 aromatic carbocycles. The largest absolute Gasteiger partial charge is 0.376 e. The van der Waals surface area contributed by atoms with Gasteiger partial charge in [0.15, 0.2) is 0 Å². The summed E-state index contributed by atoms with van der Waals surface area (Å²) in [6.07, 6.45) is 9.79. The van der Waals surface area contributed by atoms with Crippen LogP contribution in [0.3, 0.4) is 0 Å². The molecule has 0 spiro atoms. The van der Waals surface area contributed by atoms with Gasteiger partial charge in [0.25, 0.3) is 0 Å². The molecule has 0 saturated heterocycles. The summed E-state index contributed by atoms with van der Waals surface area (Å²) < 4.78 is 7.87. The lowest BCUT2D eigenvalue weighted by Crippen LogP contribution is -2.34. The average molecular weight is 283 g/mol. The topological polar surface area (TPSA) is 53.1 Å². The quantitative estimate of drug-likeness (QED) is 0.918. The maximum Gasteiger partial charge on any atom is 0.0989 e. The lowest BCUT2D eigenvalue weighted by Gasteiger charge is -2.27. The molecule has 0 aliphatic heterocycles. The van der Waals surface area contributed by atoms with Gasteiger partial charge in [0.1, 0.15) is 0 Å². The number of aromatic nitrogens is 2. The van der Waals surface area contributed by atoms with Crippen LogP contribution < -0.4 is 5.73 Å². The molecule has 0 fully saturated rings. The highest BCUT2D eigenvalue weighted by Gasteiger charge is 2.22. The number of imidazole rings is 1. The standard InChI is InChI=1S/C17H21N3O/c18-17-10-16(20-9-8-19-13-20)7-6-15(17)12-21-11-14-4-2-1-3-5-14/h1-5,8-10,13,15,17H,6-7,11-12,18H2. The van der Waals surface area contributed by atoms with E-state index in [9.17, 15) is 0 Å². The van der Waals surface area contributed by atoms with Crippen LogP contribution in [-0.2, 0) is 11.3 Å². The summed E-state index contributed by atoms with van der Waals surface area (Å²) in [5.74, 6) is 0.390. The van der Waals surface area contributed by atoms with Crippen molar-refractivity contribution >= 4 is 5.70 Å². The highest BCUT2D eigenvalue weighted by molar-refractivity contribution is 5.47. The molecule has 1 aliphatic carbocycles. The van der Waals surface area contributed by atoms with Gasteiger partial charge in [-0.2, -0.15) is 0 Å². The molecule has 0 radical (unpaired) electrons. The zero-order valence-electron chi connectivity index (χ0n) is 12.1. The van der Waals surface area contributed by atoms with Gasteiger partial charge in [-0.05, 0) is 24.5 Å². The first-order chi connectivity index (χ1) is 10.3. The van der Waals surface area contributed by atoms with Crippen molar-refractivity contribution in [2.45, 2.75) is 25.5 Å². The van der Waals surface area contributed by atoms with E-state index < -0.39 is 0 Å². The third kappa shape index (κ3) is 3.60. The average Bonchev–Trinajstić information content (AvgIpc) is 3.04. The van der Waals surface area contributed by atoms with Crippen LogP contribution in [0.25, 0.3) is 5.70 Å². The van der Waals surface area contributed by atoms with Gasteiger partial charge in [0.2, 0.25) is 0 Å². The van der Waals surface area contributed by atoms with E-state index in [2.05, 4.69) is 23.2 Å². The molecule has 1 aromatic heterocycles. The Morgan fingerprint density at radius 1 is 1.29 bits per heavy atom. The Bertz CT molecular complexity index is 577. The summed E-state index contributed by atoms with van der Waals surface area (Å²) in [4.78, 5) is 4.08. The fourth-order valence-corrected chi connectivity index (χ4v) is 2.71. The molecule has 3 rings (SSSR count). The van der Waals surface area contributed by atoms with Gasteiger partial charge in [-0.1, -0.05) is 30.3 Å². The van der Waals surface area contributed by atoms with Crippen molar-refractivity contribution < 1.29 is 4.74 Å². The van der Waals surface area contributed by atoms with E-state index in [-0.39, 0.29) is 6.04 Å². The molecule has 0 amide bonds. The fraction of sp³-hybridized carbons (Fsp3) is 0.353. The second kappa shape index (κ2) is 6.70. The number of hydrogen-bond acceptors (Lipinski definition) is 3. The number of nitrogens with two attached hydrogens (primary N) is 1. The Morgan fingerprint density at radius 3 is 2.86 bits per heavy atom. The van der Waals surface area contributed by atoms with Gasteiger partial charge in [-0.15, -0.1) is 0 Å². The van der Waals surface area contributed by atoms with Crippen LogP contribution in [0.2, 0.25) is 0 Å². The highest BCUT2D eigenvalue weighted by atomic mass is 16.5. The van der Waals surface area contributed by atoms with Gasteiger partial charge in [-0.3, -0.25) is 0 Å². The van der Waals surface area contributed by atoms with Crippen molar-refractivity contribution in [3.05, 3.63) is 60.7 Å². The van der Waals surface area contributed by atoms with E-state index in [0.29, 0.717) is 19.1 Å². The maximum atomic E-state index is 6.26. The van der Waals surface area contributed by atoms with E-state index >= 15 is 0 Å². The Kier molecular flexibility index (Phi) is 4.48. The van der Waals surface area contributed by atoms with Crippen LogP contribution >= 0.6 is 0 Å². The van der Waals surface area contributed by atoms with E-state index in [1.54, 1.807) is 6.20 Å². The zero-order chi connectivity index (χ0) is 14.5. The fourth-order valence-electron chi connectivity index (χ4n) is 2.71. The summed E-state index contributed by atoms with van der Waals surface area (Å²) in [6.45, 7) is 1.37. The molecule has 1 aliphatic rings. The molecule has 1 heterocycles. The van der Waals surface area contributed by atoms with Gasteiger partial charge in [-0.25, -0.2) is 4.98 Å². The van der Waals surface area contributed by atoms with Crippen LogP contribution in [0, 0.1) is 5.92 Å². The van der Waals surface area contributed by atoms with Crippen LogP contribution in [-0.4, -0.2) is 22.2 Å². The summed E-state index contributed by atoms with van der Waals surface area (Å²) in [6, 6.07) is 10.3. The molecule has 0 saturated carbocycles. The Hall–Kier alpha value is -1.91. The van der Waals surface area contributed by atoms with Crippen molar-refractivity contribution in [3.63, 3.8) is 0 Å². The predicted octanol–water partition coefficient (Wildman–Crippen LogP) is 2.68. The van der Waals surface area contributed by atoms with Crippen LogP contribution in [0.5, 0.6) is 0 Å². The molecular weight excluding hydrogens is 262 g/mol. The van der Waals surface area contributed by atoms with Crippen molar-refractivity contribution in [3.8, 4) is 0 Å². The molecule has 21 heavy (non-hydrogen) atoms. The SMILES string of the molecule is NC1C=C(n2ccnc2)CCC1COCc1ccccc1. The van der Waals surface area contributed by atoms with Crippen LogP contribution in [0.4, 0.5) is 0 Å². The van der Waals surface area contributed by atoms with Crippen molar-refractivity contribution in [1.29, 1.82) is 0 Å². The first-order valence-corrected chi connectivity index (χ1v) is 7.39. The molecule has 0 bridgehead atoms. The number of hydrogen-bond donors (Lipinski definition) is 1. The van der Waals surface area contributed by atoms with Crippen molar-refractivity contribution in [2.75, 3.05) is 6.61 Å². The number of benzene rings is 1. The van der Waals surface area contributed by atoms with Gasteiger partial charge >= 0.3 is 0 Å². The molecule has 2 aromatic rings. The first-order valence-electron chi connectivity index (χ1n) is 7.39. The van der Waals surface area contributed by atoms with E-state index in [1.165, 1.54) is 11.3 Å². The lowest BCUT2D eigenvalue weighted by molar-refractivity contribution is 0.0790. The summed E-state index contributed by atoms with van der Waals surface area (Å²) >= 11 is 0. The number of nitrogens with zero attached hydrogens (tertiary/aromatic N) is 2. The lowest BCUT2D eigenvalue weighted by atomic mass is 9.89. The normalized spacial score (nSPS) is 22.0. The third-order valence-electron chi connectivity index (χ3n) is 3.98. The number of ether oxygens (including phenoxy) is 1. The second-order valence-corrected chi connectivity index (χ2v) is 5.50. The van der Waals surface area contributed by atoms with Crippen molar-refractivity contribution in [1.82, 2.24) is 9.55 Å². The molecular formula is C17H21N3O. The van der Waals surface area contributed by atoms with Gasteiger partial charge in [0.05, 0.1) is 19.5 Å². The number of allylic oxidation sites excluding steroid dienone is 1. The van der Waals surface area contributed by atoms with E-state index in [1.807, 2.05) is 35.3 Å². The molecule has 2 atom stereocenters. The Morgan fingerprint density at radius 2 is 2.14 bits per heavy atom. The van der Waals surface area contributed by atoms with Crippen LogP contribution in [0.1, 0.15) is 18.4 Å². The Balaban J connectivity index is 1.52. The summed E-state index contributed by atoms with van der Waals surface area (Å²) in [5.41, 5.74) is 8.71. The molecule has 2 unspecified atom stereocenters. The predicted molar refractivity (Wildman–Crippen MR) is 83.3 cm³/mol. The monoisotopic (exact) mass is 283 g/mol. The second-order valence-electron chi connectivity index (χ2n) is 5.50.